The number of allylic oxidation sites excluding steroid dienone is 2. The van der Waals surface area contributed by atoms with E-state index in [4.69, 9.17) is 0 Å². The summed E-state index contributed by atoms with van der Waals surface area (Å²) in [6.07, 6.45) is 3.72. The highest BCUT2D eigenvalue weighted by molar-refractivity contribution is 6.08. The Balaban J connectivity index is 1.73. The van der Waals surface area contributed by atoms with Gasteiger partial charge in [-0.2, -0.15) is 0 Å². The predicted octanol–water partition coefficient (Wildman–Crippen LogP) is 6.09. The largest absolute Gasteiger partial charge is 0.294 e. The number of carbonyl (C=O) groups excluding carboxylic acids is 2. The molecule has 2 nitrogen and oxygen atoms in total. The van der Waals surface area contributed by atoms with Crippen molar-refractivity contribution in [2.75, 3.05) is 0 Å². The lowest BCUT2D eigenvalue weighted by Gasteiger charge is -2.43. The molecule has 158 valence electrons. The summed E-state index contributed by atoms with van der Waals surface area (Å²) in [7, 11) is 0. The van der Waals surface area contributed by atoms with E-state index in [9.17, 15) is 9.59 Å². The minimum absolute atomic E-state index is 0.188. The second kappa shape index (κ2) is 5.09. The maximum Gasteiger partial charge on any atom is 0.165 e. The van der Waals surface area contributed by atoms with Gasteiger partial charge in [0.05, 0.1) is 0 Å². The maximum atomic E-state index is 13.2. The van der Waals surface area contributed by atoms with Crippen molar-refractivity contribution in [3.8, 4) is 0 Å². The Morgan fingerprint density at radius 3 is 1.33 bits per heavy atom. The van der Waals surface area contributed by atoms with Crippen LogP contribution in [-0.2, 0) is 20.4 Å². The second-order valence-corrected chi connectivity index (χ2v) is 11.9. The Kier molecular flexibility index (Phi) is 3.39. The van der Waals surface area contributed by atoms with Gasteiger partial charge in [-0.25, -0.2) is 0 Å². The molecule has 4 fully saturated rings. The number of hydrogen-bond donors (Lipinski definition) is 0. The summed E-state index contributed by atoms with van der Waals surface area (Å²) in [6, 6.07) is 8.78. The van der Waals surface area contributed by atoms with E-state index in [-0.39, 0.29) is 44.1 Å². The SMILES string of the molecule is C=C1C(=O)C2(C)CCC1(c1cccc(C34CCC(C)(C(=O)C3=C)C4(C)C)c1)C2(C)C. The van der Waals surface area contributed by atoms with Crippen LogP contribution in [0.25, 0.3) is 0 Å². The number of Topliss-reactive ketones (excluding diaryl/α,β-unsaturated/α-hetero) is 2. The number of ketones is 2. The molecule has 0 saturated heterocycles. The van der Waals surface area contributed by atoms with Crippen LogP contribution in [0.4, 0.5) is 0 Å². The van der Waals surface area contributed by atoms with Crippen molar-refractivity contribution in [1.29, 1.82) is 0 Å². The first kappa shape index (κ1) is 20.0. The zero-order chi connectivity index (χ0) is 22.1. The van der Waals surface area contributed by atoms with Crippen molar-refractivity contribution in [3.05, 3.63) is 59.7 Å². The second-order valence-electron chi connectivity index (χ2n) is 11.9. The smallest absolute Gasteiger partial charge is 0.165 e. The highest BCUT2D eigenvalue weighted by Crippen LogP contribution is 2.74. The fourth-order valence-electron chi connectivity index (χ4n) is 8.38. The van der Waals surface area contributed by atoms with Crippen LogP contribution in [0.5, 0.6) is 0 Å². The van der Waals surface area contributed by atoms with Crippen LogP contribution in [0.15, 0.2) is 48.6 Å². The van der Waals surface area contributed by atoms with E-state index in [1.807, 2.05) is 0 Å². The standard InChI is InChI=1S/C28H34O2/c1-17-21(29)25(7)12-14-27(17,23(25,3)4)19-10-9-11-20(16-19)28-15-13-26(8,24(28,5)6)22(30)18(28)2/h9-11,16H,1-2,12-15H2,3-8H3. The van der Waals surface area contributed by atoms with Gasteiger partial charge in [0.15, 0.2) is 11.6 Å². The van der Waals surface area contributed by atoms with Gasteiger partial charge in [0, 0.05) is 21.7 Å². The maximum absolute atomic E-state index is 13.2. The molecular formula is C28H34O2. The van der Waals surface area contributed by atoms with Crippen LogP contribution in [0.2, 0.25) is 0 Å². The fourth-order valence-corrected chi connectivity index (χ4v) is 8.38. The summed E-state index contributed by atoms with van der Waals surface area (Å²) in [5.41, 5.74) is 2.18. The summed E-state index contributed by atoms with van der Waals surface area (Å²) >= 11 is 0. The van der Waals surface area contributed by atoms with E-state index in [1.165, 1.54) is 11.1 Å². The molecule has 0 amide bonds. The van der Waals surface area contributed by atoms with Crippen molar-refractivity contribution >= 4 is 11.6 Å². The third kappa shape index (κ3) is 1.57. The topological polar surface area (TPSA) is 34.1 Å². The number of rotatable bonds is 2. The molecule has 4 bridgehead atoms. The lowest BCUT2D eigenvalue weighted by Crippen LogP contribution is -2.40. The van der Waals surface area contributed by atoms with Gasteiger partial charge in [-0.1, -0.05) is 79.0 Å². The van der Waals surface area contributed by atoms with Crippen LogP contribution >= 0.6 is 0 Å². The average Bonchev–Trinajstić information content (AvgIpc) is 3.13. The minimum Gasteiger partial charge on any atom is -0.294 e. The van der Waals surface area contributed by atoms with Gasteiger partial charge >= 0.3 is 0 Å². The van der Waals surface area contributed by atoms with Crippen molar-refractivity contribution < 1.29 is 9.59 Å². The molecule has 1 aromatic carbocycles. The van der Waals surface area contributed by atoms with Crippen molar-refractivity contribution in [2.24, 2.45) is 21.7 Å². The van der Waals surface area contributed by atoms with Gasteiger partial charge in [-0.3, -0.25) is 9.59 Å². The third-order valence-electron chi connectivity index (χ3n) is 11.3. The van der Waals surface area contributed by atoms with Gasteiger partial charge in [-0.15, -0.1) is 0 Å². The lowest BCUT2D eigenvalue weighted by molar-refractivity contribution is -0.126. The summed E-state index contributed by atoms with van der Waals surface area (Å²) in [4.78, 5) is 26.5. The van der Waals surface area contributed by atoms with E-state index >= 15 is 0 Å². The number of hydrogen-bond acceptors (Lipinski definition) is 2. The first-order chi connectivity index (χ1) is 13.8. The highest BCUT2D eigenvalue weighted by Gasteiger charge is 2.74. The number of fused-ring (bicyclic) bond motifs is 4. The van der Waals surface area contributed by atoms with E-state index in [2.05, 4.69) is 79.0 Å². The van der Waals surface area contributed by atoms with Crippen LogP contribution in [0.3, 0.4) is 0 Å². The van der Waals surface area contributed by atoms with Gasteiger partial charge in [0.1, 0.15) is 0 Å². The molecule has 0 aromatic heterocycles. The van der Waals surface area contributed by atoms with Crippen molar-refractivity contribution in [1.82, 2.24) is 0 Å². The highest BCUT2D eigenvalue weighted by atomic mass is 16.1. The third-order valence-corrected chi connectivity index (χ3v) is 11.3. The Labute approximate surface area is 180 Å². The molecule has 4 unspecified atom stereocenters. The molecule has 4 saturated carbocycles. The van der Waals surface area contributed by atoms with Crippen molar-refractivity contribution in [3.63, 3.8) is 0 Å². The first-order valence-corrected chi connectivity index (χ1v) is 11.4. The molecule has 5 rings (SSSR count). The zero-order valence-corrected chi connectivity index (χ0v) is 19.4. The van der Waals surface area contributed by atoms with Gasteiger partial charge in [0.25, 0.3) is 0 Å². The predicted molar refractivity (Wildman–Crippen MR) is 120 cm³/mol. The molecule has 4 aliphatic carbocycles. The van der Waals surface area contributed by atoms with E-state index in [0.717, 1.165) is 36.8 Å². The van der Waals surface area contributed by atoms with E-state index in [1.54, 1.807) is 0 Å². The minimum atomic E-state index is -0.351. The molecule has 2 heteroatoms. The monoisotopic (exact) mass is 402 g/mol. The Morgan fingerprint density at radius 2 is 1.03 bits per heavy atom. The lowest BCUT2D eigenvalue weighted by atomic mass is 9.59. The van der Waals surface area contributed by atoms with Crippen LogP contribution < -0.4 is 0 Å². The quantitative estimate of drug-likeness (QED) is 0.561. The molecule has 0 N–H and O–H groups in total. The zero-order valence-electron chi connectivity index (χ0n) is 19.4. The molecule has 1 aromatic rings. The van der Waals surface area contributed by atoms with Crippen LogP contribution in [-0.4, -0.2) is 11.6 Å². The molecule has 0 radical (unpaired) electrons. The van der Waals surface area contributed by atoms with Crippen LogP contribution in [0.1, 0.15) is 78.4 Å². The molecular weight excluding hydrogens is 368 g/mol. The van der Waals surface area contributed by atoms with E-state index in [0.29, 0.717) is 0 Å². The molecule has 4 atom stereocenters. The molecule has 0 aliphatic heterocycles. The molecule has 0 heterocycles. The summed E-state index contributed by atoms with van der Waals surface area (Å²) in [5, 5.41) is 0. The molecule has 0 spiro atoms. The Morgan fingerprint density at radius 1 is 0.667 bits per heavy atom. The molecule has 30 heavy (non-hydrogen) atoms. The van der Waals surface area contributed by atoms with Crippen molar-refractivity contribution in [2.45, 2.75) is 78.1 Å². The van der Waals surface area contributed by atoms with Crippen LogP contribution in [0, 0.1) is 21.7 Å². The fraction of sp³-hybridized carbons (Fsp3) is 0.571. The van der Waals surface area contributed by atoms with E-state index < -0.39 is 0 Å². The van der Waals surface area contributed by atoms with Gasteiger partial charge in [-0.05, 0) is 58.8 Å². The summed E-state index contributed by atoms with van der Waals surface area (Å²) < 4.78 is 0. The molecule has 4 aliphatic rings. The van der Waals surface area contributed by atoms with Gasteiger partial charge in [0.2, 0.25) is 0 Å². The summed E-state index contributed by atoms with van der Waals surface area (Å²) in [5.74, 6) is 0.466. The Hall–Kier alpha value is -1.96. The number of benzene rings is 1. The average molecular weight is 403 g/mol. The number of carbonyl (C=O) groups is 2. The summed E-state index contributed by atoms with van der Waals surface area (Å²) in [6.45, 7) is 21.9. The first-order valence-electron chi connectivity index (χ1n) is 11.4. The van der Waals surface area contributed by atoms with Gasteiger partial charge < -0.3 is 0 Å². The normalized spacial score (nSPS) is 43.1. The Bertz CT molecular complexity index is 991.